The number of aromatic nitrogens is 2. The Morgan fingerprint density at radius 2 is 2.17 bits per heavy atom. The third-order valence-corrected chi connectivity index (χ3v) is 3.48. The van der Waals surface area contributed by atoms with E-state index in [9.17, 15) is 0 Å². The molecule has 1 heterocycles. The maximum Gasteiger partial charge on any atom is 0.0628 e. The molecule has 18 heavy (non-hydrogen) atoms. The first kappa shape index (κ1) is 14.8. The summed E-state index contributed by atoms with van der Waals surface area (Å²) in [5.74, 6) is 2.71. The Kier molecular flexibility index (Phi) is 5.94. The molecule has 0 aliphatic heterocycles. The van der Waals surface area contributed by atoms with Gasteiger partial charge in [0.1, 0.15) is 0 Å². The average Bonchev–Trinajstić information content (AvgIpc) is 2.56. The second-order valence-electron chi connectivity index (χ2n) is 4.83. The van der Waals surface area contributed by atoms with E-state index in [1.807, 2.05) is 11.7 Å². The van der Waals surface area contributed by atoms with Crippen molar-refractivity contribution >= 4 is 0 Å². The van der Waals surface area contributed by atoms with E-state index in [4.69, 9.17) is 6.42 Å². The number of rotatable bonds is 7. The lowest BCUT2D eigenvalue weighted by molar-refractivity contribution is 0.478. The Labute approximate surface area is 111 Å². The third kappa shape index (κ3) is 3.89. The molecule has 1 rings (SSSR count). The van der Waals surface area contributed by atoms with Gasteiger partial charge in [-0.3, -0.25) is 4.68 Å². The molecule has 1 atom stereocenters. The van der Waals surface area contributed by atoms with Crippen LogP contribution < -0.4 is 5.32 Å². The zero-order valence-corrected chi connectivity index (χ0v) is 12.1. The molecular weight excluding hydrogens is 222 g/mol. The molecule has 0 aliphatic carbocycles. The highest BCUT2D eigenvalue weighted by Gasteiger charge is 2.15. The number of hydrogen-bond acceptors (Lipinski definition) is 2. The van der Waals surface area contributed by atoms with Gasteiger partial charge in [0.15, 0.2) is 0 Å². The van der Waals surface area contributed by atoms with Crippen LogP contribution in [0.3, 0.4) is 0 Å². The van der Waals surface area contributed by atoms with E-state index in [0.717, 1.165) is 37.9 Å². The topological polar surface area (TPSA) is 29.9 Å². The summed E-state index contributed by atoms with van der Waals surface area (Å²) in [5, 5.41) is 8.02. The van der Waals surface area contributed by atoms with Crippen molar-refractivity contribution in [1.82, 2.24) is 15.1 Å². The van der Waals surface area contributed by atoms with Crippen LogP contribution in [0.15, 0.2) is 0 Å². The van der Waals surface area contributed by atoms with Crippen LogP contribution in [0.1, 0.15) is 43.1 Å². The smallest absolute Gasteiger partial charge is 0.0628 e. The molecule has 0 aliphatic rings. The minimum Gasteiger partial charge on any atom is -0.314 e. The van der Waals surface area contributed by atoms with Gasteiger partial charge >= 0.3 is 0 Å². The number of terminal acetylenes is 1. The van der Waals surface area contributed by atoms with Crippen LogP contribution in [0.4, 0.5) is 0 Å². The van der Waals surface area contributed by atoms with Crippen molar-refractivity contribution in [2.45, 2.75) is 52.5 Å². The van der Waals surface area contributed by atoms with Crippen molar-refractivity contribution in [2.75, 3.05) is 6.54 Å². The van der Waals surface area contributed by atoms with Gasteiger partial charge in [-0.15, -0.1) is 12.3 Å². The van der Waals surface area contributed by atoms with Crippen LogP contribution in [-0.2, 0) is 13.5 Å². The summed E-state index contributed by atoms with van der Waals surface area (Å²) >= 11 is 0. The van der Waals surface area contributed by atoms with Gasteiger partial charge < -0.3 is 5.32 Å². The summed E-state index contributed by atoms with van der Waals surface area (Å²) in [6.45, 7) is 7.38. The molecule has 0 fully saturated rings. The van der Waals surface area contributed by atoms with Crippen LogP contribution in [-0.4, -0.2) is 22.4 Å². The van der Waals surface area contributed by atoms with Gasteiger partial charge in [-0.05, 0) is 45.2 Å². The SMILES string of the molecule is C#CCCCC(Cc1c(C)nn(C)c1C)NCC. The molecule has 100 valence electrons. The number of likely N-dealkylation sites (N-methyl/N-ethyl adjacent to an activating group) is 1. The van der Waals surface area contributed by atoms with E-state index in [1.165, 1.54) is 11.3 Å². The molecule has 3 nitrogen and oxygen atoms in total. The van der Waals surface area contributed by atoms with E-state index >= 15 is 0 Å². The molecule has 1 aromatic heterocycles. The maximum atomic E-state index is 5.31. The first-order chi connectivity index (χ1) is 8.60. The highest BCUT2D eigenvalue weighted by atomic mass is 15.3. The van der Waals surface area contributed by atoms with Crippen LogP contribution in [0, 0.1) is 26.2 Å². The Hall–Kier alpha value is -1.27. The second-order valence-corrected chi connectivity index (χ2v) is 4.83. The highest BCUT2D eigenvalue weighted by molar-refractivity contribution is 5.25. The zero-order valence-electron chi connectivity index (χ0n) is 12.1. The van der Waals surface area contributed by atoms with Gasteiger partial charge in [0.05, 0.1) is 5.69 Å². The van der Waals surface area contributed by atoms with E-state index in [2.05, 4.69) is 37.1 Å². The monoisotopic (exact) mass is 247 g/mol. The minimum absolute atomic E-state index is 0.505. The molecule has 0 aromatic carbocycles. The predicted molar refractivity (Wildman–Crippen MR) is 76.5 cm³/mol. The standard InChI is InChI=1S/C15H25N3/c1-6-8-9-10-14(16-7-2)11-15-12(3)17-18(5)13(15)4/h1,14,16H,7-11H2,2-5H3. The maximum absolute atomic E-state index is 5.31. The number of nitrogens with one attached hydrogen (secondary N) is 1. The summed E-state index contributed by atoms with van der Waals surface area (Å²) in [7, 11) is 2.01. The summed E-state index contributed by atoms with van der Waals surface area (Å²) in [5.41, 5.74) is 3.80. The van der Waals surface area contributed by atoms with Crippen molar-refractivity contribution in [1.29, 1.82) is 0 Å². The first-order valence-corrected chi connectivity index (χ1v) is 6.76. The highest BCUT2D eigenvalue weighted by Crippen LogP contribution is 2.16. The summed E-state index contributed by atoms with van der Waals surface area (Å²) in [4.78, 5) is 0. The Morgan fingerprint density at radius 1 is 1.44 bits per heavy atom. The normalized spacial score (nSPS) is 12.4. The van der Waals surface area contributed by atoms with Gasteiger partial charge in [0.25, 0.3) is 0 Å². The molecular formula is C15H25N3. The molecule has 1 unspecified atom stereocenters. The third-order valence-electron chi connectivity index (χ3n) is 3.48. The molecule has 1 N–H and O–H groups in total. The number of nitrogens with zero attached hydrogens (tertiary/aromatic N) is 2. The summed E-state index contributed by atoms with van der Waals surface area (Å²) in [6.07, 6.45) is 9.44. The van der Waals surface area contributed by atoms with Gasteiger partial charge in [0.2, 0.25) is 0 Å². The minimum atomic E-state index is 0.505. The summed E-state index contributed by atoms with van der Waals surface area (Å²) in [6, 6.07) is 0.505. The quantitative estimate of drug-likeness (QED) is 0.592. The Morgan fingerprint density at radius 3 is 2.67 bits per heavy atom. The van der Waals surface area contributed by atoms with Crippen molar-refractivity contribution in [2.24, 2.45) is 7.05 Å². The van der Waals surface area contributed by atoms with Crippen LogP contribution in [0.5, 0.6) is 0 Å². The fraction of sp³-hybridized carbons (Fsp3) is 0.667. The molecule has 0 amide bonds. The Balaban J connectivity index is 2.67. The van der Waals surface area contributed by atoms with Crippen molar-refractivity contribution in [3.8, 4) is 12.3 Å². The molecule has 0 radical (unpaired) electrons. The van der Waals surface area contributed by atoms with E-state index < -0.39 is 0 Å². The van der Waals surface area contributed by atoms with Gasteiger partial charge in [0, 0.05) is 25.2 Å². The fourth-order valence-corrected chi connectivity index (χ4v) is 2.37. The van der Waals surface area contributed by atoms with E-state index in [0.29, 0.717) is 6.04 Å². The van der Waals surface area contributed by atoms with E-state index in [-0.39, 0.29) is 0 Å². The lowest BCUT2D eigenvalue weighted by Gasteiger charge is -2.17. The fourth-order valence-electron chi connectivity index (χ4n) is 2.37. The average molecular weight is 247 g/mol. The van der Waals surface area contributed by atoms with Crippen molar-refractivity contribution in [3.05, 3.63) is 17.0 Å². The zero-order chi connectivity index (χ0) is 13.5. The van der Waals surface area contributed by atoms with Gasteiger partial charge in [-0.25, -0.2) is 0 Å². The molecule has 3 heteroatoms. The molecule has 0 saturated carbocycles. The Bertz CT molecular complexity index is 412. The first-order valence-electron chi connectivity index (χ1n) is 6.76. The lowest BCUT2D eigenvalue weighted by atomic mass is 9.99. The van der Waals surface area contributed by atoms with Gasteiger partial charge in [-0.1, -0.05) is 6.92 Å². The van der Waals surface area contributed by atoms with Crippen molar-refractivity contribution in [3.63, 3.8) is 0 Å². The van der Waals surface area contributed by atoms with Crippen LogP contribution >= 0.6 is 0 Å². The largest absolute Gasteiger partial charge is 0.314 e. The predicted octanol–water partition coefficient (Wildman–Crippen LogP) is 2.36. The van der Waals surface area contributed by atoms with Crippen LogP contribution in [0.25, 0.3) is 0 Å². The summed E-state index contributed by atoms with van der Waals surface area (Å²) < 4.78 is 1.97. The number of unbranched alkanes of at least 4 members (excludes halogenated alkanes) is 1. The molecule has 0 bridgehead atoms. The number of hydrogen-bond donors (Lipinski definition) is 1. The van der Waals surface area contributed by atoms with Gasteiger partial charge in [-0.2, -0.15) is 5.10 Å². The van der Waals surface area contributed by atoms with Crippen LogP contribution in [0.2, 0.25) is 0 Å². The van der Waals surface area contributed by atoms with E-state index in [1.54, 1.807) is 0 Å². The lowest BCUT2D eigenvalue weighted by Crippen LogP contribution is -2.31. The molecule has 0 spiro atoms. The molecule has 1 aromatic rings. The number of aryl methyl sites for hydroxylation is 2. The van der Waals surface area contributed by atoms with Crippen molar-refractivity contribution < 1.29 is 0 Å². The molecule has 0 saturated heterocycles. The second kappa shape index (κ2) is 7.23.